The van der Waals surface area contributed by atoms with Crippen LogP contribution < -0.4 is 11.1 Å². The van der Waals surface area contributed by atoms with Gasteiger partial charge < -0.3 is 25.4 Å². The summed E-state index contributed by atoms with van der Waals surface area (Å²) in [5.41, 5.74) is 9.97. The zero-order valence-electron chi connectivity index (χ0n) is 18.6. The van der Waals surface area contributed by atoms with Gasteiger partial charge in [0.15, 0.2) is 0 Å². The Morgan fingerprint density at radius 2 is 1.97 bits per heavy atom. The van der Waals surface area contributed by atoms with Crippen molar-refractivity contribution in [2.45, 2.75) is 10.6 Å². The zero-order chi connectivity index (χ0) is 24.1. The molecule has 1 atom stereocenters. The van der Waals surface area contributed by atoms with E-state index in [4.69, 9.17) is 20.6 Å². The summed E-state index contributed by atoms with van der Waals surface area (Å²) in [7, 11) is 1.61. The molecule has 4 N–H and O–H groups in total. The minimum absolute atomic E-state index is 0.0116. The molecule has 0 fully saturated rings. The average Bonchev–Trinajstić information content (AvgIpc) is 3.19. The molecule has 10 heteroatoms. The SMILES string of the molecule is COCCC[S+]([O-])c1sc2nc(-c3ccc(NCCO)nc3)cc(-c3ccc(F)cc3)c2c1N. The van der Waals surface area contributed by atoms with Crippen LogP contribution in [0.5, 0.6) is 0 Å². The number of hydrogen-bond acceptors (Lipinski definition) is 8. The van der Waals surface area contributed by atoms with Crippen molar-refractivity contribution in [3.63, 3.8) is 0 Å². The van der Waals surface area contributed by atoms with Gasteiger partial charge in [0.1, 0.15) is 27.9 Å². The molecule has 0 aliphatic rings. The monoisotopic (exact) mass is 500 g/mol. The largest absolute Gasteiger partial charge is 0.611 e. The number of fused-ring (bicyclic) bond motifs is 1. The first kappa shape index (κ1) is 24.4. The van der Waals surface area contributed by atoms with Gasteiger partial charge in [0, 0.05) is 37.2 Å². The molecule has 1 aromatic carbocycles. The Kier molecular flexibility index (Phi) is 7.96. The van der Waals surface area contributed by atoms with Gasteiger partial charge in [0.2, 0.25) is 4.21 Å². The first-order valence-corrected chi connectivity index (χ1v) is 12.8. The Labute approximate surface area is 204 Å². The van der Waals surface area contributed by atoms with E-state index in [1.807, 2.05) is 18.2 Å². The lowest BCUT2D eigenvalue weighted by molar-refractivity contribution is 0.199. The van der Waals surface area contributed by atoms with Crippen molar-refractivity contribution in [2.24, 2.45) is 0 Å². The number of aliphatic hydroxyl groups excluding tert-OH is 1. The fourth-order valence-electron chi connectivity index (χ4n) is 3.54. The highest BCUT2D eigenvalue weighted by Gasteiger charge is 2.25. The molecule has 3 aromatic heterocycles. The third-order valence-electron chi connectivity index (χ3n) is 5.18. The first-order valence-electron chi connectivity index (χ1n) is 10.7. The van der Waals surface area contributed by atoms with E-state index < -0.39 is 11.2 Å². The number of nitrogen functional groups attached to an aromatic ring is 1. The van der Waals surface area contributed by atoms with Crippen LogP contribution in [0.15, 0.2) is 52.9 Å². The Hall–Kier alpha value is -2.76. The molecule has 4 rings (SSSR count). The van der Waals surface area contributed by atoms with Gasteiger partial charge in [0.25, 0.3) is 0 Å². The second-order valence-electron chi connectivity index (χ2n) is 7.52. The van der Waals surface area contributed by atoms with E-state index in [9.17, 15) is 8.94 Å². The number of nitrogens with zero attached hydrogens (tertiary/aromatic N) is 2. The number of hydrogen-bond donors (Lipinski definition) is 3. The van der Waals surface area contributed by atoms with Crippen LogP contribution in [0.2, 0.25) is 0 Å². The molecule has 3 heterocycles. The molecule has 0 aliphatic heterocycles. The first-order chi connectivity index (χ1) is 16.5. The third-order valence-corrected chi connectivity index (χ3v) is 8.18. The van der Waals surface area contributed by atoms with Gasteiger partial charge in [-0.3, -0.25) is 0 Å². The molecule has 0 bridgehead atoms. The number of pyridine rings is 2. The van der Waals surface area contributed by atoms with E-state index in [1.165, 1.54) is 23.5 Å². The molecule has 1 unspecified atom stereocenters. The quantitative estimate of drug-likeness (QED) is 0.220. The summed E-state index contributed by atoms with van der Waals surface area (Å²) in [5.74, 6) is 0.755. The van der Waals surface area contributed by atoms with Gasteiger partial charge >= 0.3 is 0 Å². The predicted octanol–water partition coefficient (Wildman–Crippen LogP) is 4.29. The van der Waals surface area contributed by atoms with E-state index in [-0.39, 0.29) is 12.4 Å². The Morgan fingerprint density at radius 1 is 1.21 bits per heavy atom. The van der Waals surface area contributed by atoms with Crippen LogP contribution in [-0.4, -0.2) is 52.2 Å². The summed E-state index contributed by atoms with van der Waals surface area (Å²) < 4.78 is 32.2. The number of benzene rings is 1. The maximum absolute atomic E-state index is 13.6. The minimum atomic E-state index is -1.28. The highest BCUT2D eigenvalue weighted by Crippen LogP contribution is 2.43. The number of anilines is 2. The van der Waals surface area contributed by atoms with E-state index in [2.05, 4.69) is 10.3 Å². The molecule has 178 valence electrons. The van der Waals surface area contributed by atoms with Crippen LogP contribution in [0.4, 0.5) is 15.9 Å². The van der Waals surface area contributed by atoms with E-state index in [1.54, 1.807) is 25.4 Å². The Bertz CT molecular complexity index is 1250. The molecule has 4 aromatic rings. The summed E-state index contributed by atoms with van der Waals surface area (Å²) in [6, 6.07) is 11.8. The molecule has 0 saturated heterocycles. The van der Waals surface area contributed by atoms with Crippen molar-refractivity contribution in [1.82, 2.24) is 9.97 Å². The number of nitrogens with two attached hydrogens (primary N) is 1. The summed E-state index contributed by atoms with van der Waals surface area (Å²) in [4.78, 5) is 9.85. The number of aromatic nitrogens is 2. The van der Waals surface area contributed by atoms with Gasteiger partial charge in [-0.1, -0.05) is 23.5 Å². The molecule has 0 aliphatic carbocycles. The van der Waals surface area contributed by atoms with Crippen LogP contribution in [0.1, 0.15) is 6.42 Å². The van der Waals surface area contributed by atoms with Crippen molar-refractivity contribution >= 4 is 44.2 Å². The smallest absolute Gasteiger partial charge is 0.232 e. The van der Waals surface area contributed by atoms with Crippen LogP contribution in [0.25, 0.3) is 32.6 Å². The minimum Gasteiger partial charge on any atom is -0.611 e. The summed E-state index contributed by atoms with van der Waals surface area (Å²) in [6.07, 6.45) is 2.35. The number of aliphatic hydroxyl groups is 1. The molecule has 0 amide bonds. The van der Waals surface area contributed by atoms with Crippen LogP contribution in [0, 0.1) is 5.82 Å². The zero-order valence-corrected chi connectivity index (χ0v) is 20.2. The number of rotatable bonds is 10. The van der Waals surface area contributed by atoms with Crippen molar-refractivity contribution in [1.29, 1.82) is 0 Å². The predicted molar refractivity (Wildman–Crippen MR) is 136 cm³/mol. The lowest BCUT2D eigenvalue weighted by Crippen LogP contribution is -2.09. The standard InChI is InChI=1S/C24H25FN4O3S2/c1-32-11-2-12-34(31)24-22(26)21-18(15-3-6-17(25)7-4-15)13-19(29-23(21)33-24)16-5-8-20(28-14-16)27-9-10-30/h3-8,13-14,30H,2,9-12,26H2,1H3,(H,27,28). The van der Waals surface area contributed by atoms with Crippen molar-refractivity contribution in [3.8, 4) is 22.4 Å². The summed E-state index contributed by atoms with van der Waals surface area (Å²) >= 11 is 0.0309. The lowest BCUT2D eigenvalue weighted by atomic mass is 10.0. The maximum Gasteiger partial charge on any atom is 0.232 e. The number of methoxy groups -OCH3 is 1. The Morgan fingerprint density at radius 3 is 2.65 bits per heavy atom. The van der Waals surface area contributed by atoms with Crippen molar-refractivity contribution < 1.29 is 18.8 Å². The molecule has 0 saturated carbocycles. The second kappa shape index (κ2) is 11.1. The summed E-state index contributed by atoms with van der Waals surface area (Å²) in [5, 5.41) is 12.7. The normalized spacial score (nSPS) is 12.2. The Balaban J connectivity index is 1.81. The van der Waals surface area contributed by atoms with Crippen LogP contribution >= 0.6 is 11.3 Å². The highest BCUT2D eigenvalue weighted by atomic mass is 32.2. The van der Waals surface area contributed by atoms with E-state index in [0.717, 1.165) is 16.7 Å². The van der Waals surface area contributed by atoms with E-state index >= 15 is 0 Å². The van der Waals surface area contributed by atoms with Gasteiger partial charge in [-0.05, 0) is 52.6 Å². The number of halogens is 1. The van der Waals surface area contributed by atoms with E-state index in [0.29, 0.717) is 57.0 Å². The highest BCUT2D eigenvalue weighted by molar-refractivity contribution is 7.93. The van der Waals surface area contributed by atoms with Gasteiger partial charge in [0.05, 0.1) is 18.9 Å². The fourth-order valence-corrected chi connectivity index (χ4v) is 6.16. The van der Waals surface area contributed by atoms with Gasteiger partial charge in [-0.2, -0.15) is 0 Å². The maximum atomic E-state index is 13.6. The summed E-state index contributed by atoms with van der Waals surface area (Å²) in [6.45, 7) is 0.942. The fraction of sp³-hybridized carbons (Fsp3) is 0.250. The van der Waals surface area contributed by atoms with Gasteiger partial charge in [-0.15, -0.1) is 0 Å². The van der Waals surface area contributed by atoms with Crippen molar-refractivity contribution in [3.05, 3.63) is 54.5 Å². The second-order valence-corrected chi connectivity index (χ2v) is 10.3. The van der Waals surface area contributed by atoms with Gasteiger partial charge in [-0.25, -0.2) is 14.4 Å². The lowest BCUT2D eigenvalue weighted by Gasteiger charge is -2.10. The number of ether oxygens (including phenoxy) is 1. The average molecular weight is 501 g/mol. The third kappa shape index (κ3) is 5.31. The van der Waals surface area contributed by atoms with Crippen LogP contribution in [-0.2, 0) is 15.9 Å². The number of nitrogens with one attached hydrogen (secondary N) is 1. The molecule has 7 nitrogen and oxygen atoms in total. The molecular formula is C24H25FN4O3S2. The molecular weight excluding hydrogens is 475 g/mol. The van der Waals surface area contributed by atoms with Crippen LogP contribution in [0.3, 0.4) is 0 Å². The van der Waals surface area contributed by atoms with Crippen molar-refractivity contribution in [2.75, 3.05) is 43.7 Å². The molecule has 0 radical (unpaired) electrons. The molecule has 0 spiro atoms. The number of thiophene rings is 1. The topological polar surface area (TPSA) is 116 Å². The molecule has 34 heavy (non-hydrogen) atoms.